The third kappa shape index (κ3) is 4.27. The van der Waals surface area contributed by atoms with Crippen molar-refractivity contribution < 1.29 is 9.66 Å². The molecule has 0 radical (unpaired) electrons. The molecule has 4 aromatic rings. The molecule has 0 aliphatic carbocycles. The lowest BCUT2D eigenvalue weighted by Gasteiger charge is -2.05. The summed E-state index contributed by atoms with van der Waals surface area (Å²) in [7, 11) is 0. The number of hydrogen-bond donors (Lipinski definition) is 1. The summed E-state index contributed by atoms with van der Waals surface area (Å²) >= 11 is 1.32. The second kappa shape index (κ2) is 8.43. The van der Waals surface area contributed by atoms with Crippen LogP contribution < -0.4 is 10.1 Å². The third-order valence-electron chi connectivity index (χ3n) is 4.17. The van der Waals surface area contributed by atoms with E-state index in [2.05, 4.69) is 16.4 Å². The number of non-ortho nitro benzene ring substituents is 1. The molecular weight excluding hydrogens is 400 g/mol. The predicted molar refractivity (Wildman–Crippen MR) is 115 cm³/mol. The van der Waals surface area contributed by atoms with Gasteiger partial charge >= 0.3 is 0 Å². The number of nitrogens with one attached hydrogen (secondary N) is 1. The zero-order chi connectivity index (χ0) is 20.9. The number of benzene rings is 3. The zero-order valence-electron chi connectivity index (χ0n) is 15.5. The van der Waals surface area contributed by atoms with Gasteiger partial charge in [0.25, 0.3) is 5.69 Å². The number of nitro groups is 1. The van der Waals surface area contributed by atoms with E-state index in [-0.39, 0.29) is 5.69 Å². The maximum absolute atomic E-state index is 10.9. The average Bonchev–Trinajstić information content (AvgIpc) is 3.17. The molecule has 3 aromatic carbocycles. The van der Waals surface area contributed by atoms with Gasteiger partial charge in [-0.2, -0.15) is 5.26 Å². The van der Waals surface area contributed by atoms with E-state index in [0.29, 0.717) is 27.2 Å². The quantitative estimate of drug-likeness (QED) is 0.301. The van der Waals surface area contributed by atoms with Gasteiger partial charge < -0.3 is 10.1 Å². The minimum atomic E-state index is -0.453. The molecule has 0 saturated heterocycles. The molecule has 0 atom stereocenters. The van der Waals surface area contributed by atoms with Gasteiger partial charge in [0.15, 0.2) is 5.13 Å². The zero-order valence-corrected chi connectivity index (χ0v) is 16.3. The highest BCUT2D eigenvalue weighted by atomic mass is 32.1. The molecule has 1 heterocycles. The van der Waals surface area contributed by atoms with Gasteiger partial charge in [0, 0.05) is 23.4 Å². The number of thiazole rings is 1. The van der Waals surface area contributed by atoms with Crippen molar-refractivity contribution in [2.75, 3.05) is 5.32 Å². The van der Waals surface area contributed by atoms with Crippen molar-refractivity contribution in [3.8, 4) is 28.1 Å². The second-order valence-electron chi connectivity index (χ2n) is 6.19. The van der Waals surface area contributed by atoms with Crippen molar-refractivity contribution in [2.24, 2.45) is 0 Å². The summed E-state index contributed by atoms with van der Waals surface area (Å²) < 4.78 is 6.00. The van der Waals surface area contributed by atoms with Gasteiger partial charge in [-0.25, -0.2) is 4.98 Å². The van der Waals surface area contributed by atoms with Crippen LogP contribution in [0.3, 0.4) is 0 Å². The van der Waals surface area contributed by atoms with Crippen LogP contribution in [0.2, 0.25) is 0 Å². The van der Waals surface area contributed by atoms with E-state index < -0.39 is 4.92 Å². The van der Waals surface area contributed by atoms with Crippen LogP contribution in [-0.2, 0) is 0 Å². The normalized spacial score (nSPS) is 10.2. The topological polar surface area (TPSA) is 101 Å². The molecule has 0 bridgehead atoms. The Bertz CT molecular complexity index is 1210. The lowest BCUT2D eigenvalue weighted by Crippen LogP contribution is -1.90. The highest BCUT2D eigenvalue weighted by molar-refractivity contribution is 7.18. The Balaban J connectivity index is 1.65. The molecule has 4 rings (SSSR count). The molecule has 0 amide bonds. The Hall–Kier alpha value is -4.22. The van der Waals surface area contributed by atoms with E-state index in [4.69, 9.17) is 10.00 Å². The largest absolute Gasteiger partial charge is 0.444 e. The minimum absolute atomic E-state index is 0.00175. The van der Waals surface area contributed by atoms with E-state index in [1.165, 1.54) is 23.5 Å². The van der Waals surface area contributed by atoms with Crippen LogP contribution in [0.15, 0.2) is 78.9 Å². The number of rotatable bonds is 6. The summed E-state index contributed by atoms with van der Waals surface area (Å²) in [5.41, 5.74) is 2.92. The first kappa shape index (κ1) is 19.1. The fraction of sp³-hybridized carbons (Fsp3) is 0. The molecule has 1 N–H and O–H groups in total. The van der Waals surface area contributed by atoms with E-state index in [1.54, 1.807) is 36.4 Å². The fourth-order valence-corrected chi connectivity index (χ4v) is 3.58. The Morgan fingerprint density at radius 3 is 2.33 bits per heavy atom. The minimum Gasteiger partial charge on any atom is -0.444 e. The van der Waals surface area contributed by atoms with Gasteiger partial charge in [0.05, 0.1) is 16.6 Å². The number of nitriles is 1. The molecule has 0 fully saturated rings. The van der Waals surface area contributed by atoms with Crippen LogP contribution in [0.5, 0.6) is 10.8 Å². The number of nitro benzene ring substituents is 1. The molecule has 146 valence electrons. The molecule has 8 heteroatoms. The molecule has 7 nitrogen and oxygen atoms in total. The number of ether oxygens (including phenoxy) is 1. The Morgan fingerprint density at radius 1 is 1.00 bits per heavy atom. The molecule has 0 unspecified atom stereocenters. The summed E-state index contributed by atoms with van der Waals surface area (Å²) in [6.45, 7) is 0. The molecule has 0 spiro atoms. The second-order valence-corrected chi connectivity index (χ2v) is 7.15. The van der Waals surface area contributed by atoms with Crippen LogP contribution in [0.1, 0.15) is 5.56 Å². The van der Waals surface area contributed by atoms with Crippen molar-refractivity contribution in [1.29, 1.82) is 5.26 Å². The van der Waals surface area contributed by atoms with E-state index in [1.807, 2.05) is 30.3 Å². The first-order chi connectivity index (χ1) is 14.6. The van der Waals surface area contributed by atoms with Gasteiger partial charge in [0.2, 0.25) is 5.06 Å². The molecule has 0 aliphatic rings. The van der Waals surface area contributed by atoms with E-state index >= 15 is 0 Å². The summed E-state index contributed by atoms with van der Waals surface area (Å²) in [6, 6.07) is 24.7. The van der Waals surface area contributed by atoms with Crippen LogP contribution in [0, 0.1) is 21.4 Å². The molecule has 1 aromatic heterocycles. The maximum atomic E-state index is 10.9. The summed E-state index contributed by atoms with van der Waals surface area (Å²) in [6.07, 6.45) is 0. The van der Waals surface area contributed by atoms with Crippen LogP contribution in [0.4, 0.5) is 16.5 Å². The van der Waals surface area contributed by atoms with Gasteiger partial charge in [0.1, 0.15) is 11.4 Å². The van der Waals surface area contributed by atoms with Crippen LogP contribution in [0.25, 0.3) is 11.3 Å². The third-order valence-corrected chi connectivity index (χ3v) is 5.02. The highest BCUT2D eigenvalue weighted by Crippen LogP contribution is 2.41. The standard InChI is InChI=1S/C22H14N4O3S/c23-14-15-6-8-17(9-7-15)24-22-25-20(16-4-2-1-3-5-16)21(30-22)29-19-12-10-18(11-13-19)26(27)28/h1-13H,(H,24,25). The van der Waals surface area contributed by atoms with Gasteiger partial charge in [-0.15, -0.1) is 0 Å². The fourth-order valence-electron chi connectivity index (χ4n) is 2.70. The first-order valence-corrected chi connectivity index (χ1v) is 9.70. The van der Waals surface area contributed by atoms with E-state index in [0.717, 1.165) is 11.3 Å². The highest BCUT2D eigenvalue weighted by Gasteiger charge is 2.16. The molecule has 0 aliphatic heterocycles. The molecule has 30 heavy (non-hydrogen) atoms. The molecular formula is C22H14N4O3S. The van der Waals surface area contributed by atoms with Crippen molar-refractivity contribution in [3.63, 3.8) is 0 Å². The van der Waals surface area contributed by atoms with Gasteiger partial charge in [-0.3, -0.25) is 10.1 Å². The Labute approximate surface area is 176 Å². The number of nitrogens with zero attached hydrogens (tertiary/aromatic N) is 3. The maximum Gasteiger partial charge on any atom is 0.269 e. The van der Waals surface area contributed by atoms with Crippen molar-refractivity contribution in [3.05, 3.63) is 94.5 Å². The van der Waals surface area contributed by atoms with Crippen molar-refractivity contribution in [1.82, 2.24) is 4.98 Å². The number of anilines is 2. The lowest BCUT2D eigenvalue weighted by molar-refractivity contribution is -0.384. The smallest absolute Gasteiger partial charge is 0.269 e. The summed E-state index contributed by atoms with van der Waals surface area (Å²) in [5.74, 6) is 0.478. The van der Waals surface area contributed by atoms with E-state index in [9.17, 15) is 10.1 Å². The Morgan fingerprint density at radius 2 is 1.70 bits per heavy atom. The number of hydrogen-bond acceptors (Lipinski definition) is 7. The first-order valence-electron chi connectivity index (χ1n) is 8.88. The Kier molecular flexibility index (Phi) is 5.37. The van der Waals surface area contributed by atoms with Crippen LogP contribution in [-0.4, -0.2) is 9.91 Å². The average molecular weight is 414 g/mol. The number of aromatic nitrogens is 1. The lowest BCUT2D eigenvalue weighted by atomic mass is 10.2. The SMILES string of the molecule is N#Cc1ccc(Nc2nc(-c3ccccc3)c(Oc3ccc([N+](=O)[O-])cc3)s2)cc1. The summed E-state index contributed by atoms with van der Waals surface area (Å²) in [4.78, 5) is 15.1. The molecule has 0 saturated carbocycles. The predicted octanol–water partition coefficient (Wildman–Crippen LogP) is 6.13. The van der Waals surface area contributed by atoms with Crippen molar-refractivity contribution in [2.45, 2.75) is 0 Å². The monoisotopic (exact) mass is 414 g/mol. The van der Waals surface area contributed by atoms with Crippen LogP contribution >= 0.6 is 11.3 Å². The van der Waals surface area contributed by atoms with Crippen molar-refractivity contribution >= 4 is 27.8 Å². The van der Waals surface area contributed by atoms with Gasteiger partial charge in [-0.05, 0) is 36.4 Å². The summed E-state index contributed by atoms with van der Waals surface area (Å²) in [5, 5.41) is 24.2. The van der Waals surface area contributed by atoms with Gasteiger partial charge in [-0.1, -0.05) is 41.7 Å².